The summed E-state index contributed by atoms with van der Waals surface area (Å²) in [6.07, 6.45) is 10.8. The van der Waals surface area contributed by atoms with Gasteiger partial charge >= 0.3 is 0 Å². The van der Waals surface area contributed by atoms with Crippen LogP contribution in [-0.2, 0) is 0 Å². The first-order valence-electron chi connectivity index (χ1n) is 13.6. The minimum absolute atomic E-state index is 0.136. The third-order valence-electron chi connectivity index (χ3n) is 7.86. The average molecular weight is 512 g/mol. The molecular formula is C32H38FN5. The van der Waals surface area contributed by atoms with Crippen molar-refractivity contribution in [2.45, 2.75) is 46.7 Å². The fraction of sp³-hybridized carbons (Fsp3) is 0.375. The van der Waals surface area contributed by atoms with Gasteiger partial charge in [-0.05, 0) is 87.3 Å². The van der Waals surface area contributed by atoms with Gasteiger partial charge in [-0.1, -0.05) is 26.0 Å². The molecule has 198 valence electrons. The number of pyridine rings is 2. The van der Waals surface area contributed by atoms with E-state index in [0.29, 0.717) is 12.0 Å². The maximum absolute atomic E-state index is 14.3. The Morgan fingerprint density at radius 3 is 2.63 bits per heavy atom. The molecule has 2 aliphatic rings. The smallest absolute Gasteiger partial charge is 0.128 e. The Morgan fingerprint density at radius 2 is 1.95 bits per heavy atom. The number of anilines is 1. The summed E-state index contributed by atoms with van der Waals surface area (Å²) < 4.78 is 14.3. The molecule has 1 unspecified atom stereocenters. The Hall–Kier alpha value is -3.51. The standard InChI is InChI=1S/C32H38FN5/c1-7-30(28-16-22(4)35-29-10-9-26(33)18-27(28)29)38-13-12-24(17-31(38)21(2)3)25-8-11-32(34-19-25)37-15-14-36(6)23(5)20-37/h7-13,16-19,21,23,31H,14-15,20H2,1-6H3/b30-7-/t23-,31?/m1/s1. The molecular weight excluding hydrogens is 473 g/mol. The summed E-state index contributed by atoms with van der Waals surface area (Å²) in [4.78, 5) is 16.6. The van der Waals surface area contributed by atoms with Gasteiger partial charge in [-0.2, -0.15) is 0 Å². The van der Waals surface area contributed by atoms with Crippen LogP contribution in [0.3, 0.4) is 0 Å². The van der Waals surface area contributed by atoms with Crippen LogP contribution in [0.2, 0.25) is 0 Å². The molecule has 5 nitrogen and oxygen atoms in total. The second-order valence-corrected chi connectivity index (χ2v) is 10.9. The molecule has 0 amide bonds. The molecule has 0 radical (unpaired) electrons. The summed E-state index contributed by atoms with van der Waals surface area (Å²) in [5.74, 6) is 1.15. The molecule has 0 spiro atoms. The summed E-state index contributed by atoms with van der Waals surface area (Å²) in [5.41, 5.74) is 6.05. The molecule has 2 atom stereocenters. The summed E-state index contributed by atoms with van der Waals surface area (Å²) in [6, 6.07) is 11.9. The number of benzene rings is 1. The first-order valence-corrected chi connectivity index (χ1v) is 13.6. The molecule has 3 aromatic rings. The third kappa shape index (κ3) is 5.10. The molecule has 1 saturated heterocycles. The van der Waals surface area contributed by atoms with Crippen molar-refractivity contribution in [3.8, 4) is 0 Å². The number of hydrogen-bond acceptors (Lipinski definition) is 5. The number of aromatic nitrogens is 2. The van der Waals surface area contributed by atoms with E-state index >= 15 is 0 Å². The Labute approximate surface area is 226 Å². The highest BCUT2D eigenvalue weighted by Crippen LogP contribution is 2.35. The van der Waals surface area contributed by atoms with Gasteiger partial charge in [0.05, 0.1) is 11.6 Å². The lowest BCUT2D eigenvalue weighted by Gasteiger charge is -2.38. The lowest BCUT2D eigenvalue weighted by molar-refractivity contribution is 0.233. The molecule has 2 aromatic heterocycles. The van der Waals surface area contributed by atoms with Crippen molar-refractivity contribution in [1.29, 1.82) is 0 Å². The van der Waals surface area contributed by atoms with Crippen molar-refractivity contribution in [2.24, 2.45) is 5.92 Å². The van der Waals surface area contributed by atoms with Crippen LogP contribution in [0.4, 0.5) is 10.2 Å². The molecule has 1 fully saturated rings. The number of allylic oxidation sites excluding steroid dienone is 3. The molecule has 6 heteroatoms. The number of halogens is 1. The second-order valence-electron chi connectivity index (χ2n) is 10.9. The van der Waals surface area contributed by atoms with Crippen LogP contribution < -0.4 is 4.90 Å². The molecule has 2 aliphatic heterocycles. The van der Waals surface area contributed by atoms with Crippen LogP contribution in [0, 0.1) is 18.7 Å². The van der Waals surface area contributed by atoms with Crippen molar-refractivity contribution in [1.82, 2.24) is 19.8 Å². The molecule has 0 aliphatic carbocycles. The first-order chi connectivity index (χ1) is 18.2. The van der Waals surface area contributed by atoms with E-state index < -0.39 is 0 Å². The summed E-state index contributed by atoms with van der Waals surface area (Å²) >= 11 is 0. The van der Waals surface area contributed by atoms with Crippen molar-refractivity contribution in [3.05, 3.63) is 89.7 Å². The van der Waals surface area contributed by atoms with Crippen molar-refractivity contribution in [3.63, 3.8) is 0 Å². The normalized spacial score (nSPS) is 20.9. The number of likely N-dealkylation sites (N-methyl/N-ethyl adjacent to an activating group) is 1. The van der Waals surface area contributed by atoms with Gasteiger partial charge < -0.3 is 14.7 Å². The largest absolute Gasteiger partial charge is 0.354 e. The predicted octanol–water partition coefficient (Wildman–Crippen LogP) is 6.52. The van der Waals surface area contributed by atoms with Crippen LogP contribution >= 0.6 is 0 Å². The number of piperazine rings is 1. The molecule has 0 bridgehead atoms. The fourth-order valence-corrected chi connectivity index (χ4v) is 5.51. The minimum atomic E-state index is -0.251. The van der Waals surface area contributed by atoms with E-state index in [1.54, 1.807) is 12.1 Å². The van der Waals surface area contributed by atoms with Crippen molar-refractivity contribution >= 4 is 28.0 Å². The van der Waals surface area contributed by atoms with E-state index in [1.165, 1.54) is 11.6 Å². The molecule has 0 N–H and O–H groups in total. The quantitative estimate of drug-likeness (QED) is 0.390. The molecule has 5 rings (SSSR count). The van der Waals surface area contributed by atoms with Gasteiger partial charge in [-0.25, -0.2) is 9.37 Å². The summed E-state index contributed by atoms with van der Waals surface area (Å²) in [6.45, 7) is 13.8. The molecule has 0 saturated carbocycles. The average Bonchev–Trinajstić information content (AvgIpc) is 2.91. The minimum Gasteiger partial charge on any atom is -0.354 e. The lowest BCUT2D eigenvalue weighted by Crippen LogP contribution is -2.50. The van der Waals surface area contributed by atoms with E-state index in [-0.39, 0.29) is 11.9 Å². The number of nitrogens with zero attached hydrogens (tertiary/aromatic N) is 5. The van der Waals surface area contributed by atoms with E-state index in [9.17, 15) is 4.39 Å². The topological polar surface area (TPSA) is 35.5 Å². The number of fused-ring (bicyclic) bond motifs is 1. The van der Waals surface area contributed by atoms with Gasteiger partial charge in [0.1, 0.15) is 11.6 Å². The van der Waals surface area contributed by atoms with Crippen LogP contribution in [0.1, 0.15) is 44.5 Å². The van der Waals surface area contributed by atoms with Gasteiger partial charge in [0.15, 0.2) is 0 Å². The zero-order valence-electron chi connectivity index (χ0n) is 23.3. The van der Waals surface area contributed by atoms with Crippen LogP contribution in [0.25, 0.3) is 22.2 Å². The Balaban J connectivity index is 1.44. The third-order valence-corrected chi connectivity index (χ3v) is 7.86. The number of aryl methyl sites for hydroxylation is 1. The van der Waals surface area contributed by atoms with Gasteiger partial charge in [-0.3, -0.25) is 4.98 Å². The van der Waals surface area contributed by atoms with Crippen LogP contribution in [0.5, 0.6) is 0 Å². The molecule has 38 heavy (non-hydrogen) atoms. The maximum Gasteiger partial charge on any atom is 0.128 e. The zero-order chi connectivity index (χ0) is 27.0. The highest BCUT2D eigenvalue weighted by atomic mass is 19.1. The lowest BCUT2D eigenvalue weighted by atomic mass is 9.92. The molecule has 4 heterocycles. The van der Waals surface area contributed by atoms with Crippen LogP contribution in [0.15, 0.2) is 67.0 Å². The Morgan fingerprint density at radius 1 is 1.13 bits per heavy atom. The van der Waals surface area contributed by atoms with E-state index in [0.717, 1.165) is 58.9 Å². The fourth-order valence-electron chi connectivity index (χ4n) is 5.51. The summed E-state index contributed by atoms with van der Waals surface area (Å²) in [7, 11) is 2.19. The Kier molecular flexibility index (Phi) is 7.35. The van der Waals surface area contributed by atoms with Crippen LogP contribution in [-0.4, -0.2) is 58.5 Å². The van der Waals surface area contributed by atoms with Crippen molar-refractivity contribution in [2.75, 3.05) is 31.6 Å². The van der Waals surface area contributed by atoms with Crippen molar-refractivity contribution < 1.29 is 4.39 Å². The van der Waals surface area contributed by atoms with E-state index in [1.807, 2.05) is 20.0 Å². The highest BCUT2D eigenvalue weighted by Gasteiger charge is 2.26. The predicted molar refractivity (Wildman–Crippen MR) is 156 cm³/mol. The monoisotopic (exact) mass is 511 g/mol. The Bertz CT molecular complexity index is 1410. The number of rotatable bonds is 5. The van der Waals surface area contributed by atoms with Gasteiger partial charge in [-0.15, -0.1) is 0 Å². The van der Waals surface area contributed by atoms with Gasteiger partial charge in [0.25, 0.3) is 0 Å². The number of hydrogen-bond donors (Lipinski definition) is 0. The highest BCUT2D eigenvalue weighted by molar-refractivity contribution is 5.92. The summed E-state index contributed by atoms with van der Waals surface area (Å²) in [5, 5.41) is 0.826. The van der Waals surface area contributed by atoms with Gasteiger partial charge in [0.2, 0.25) is 0 Å². The van der Waals surface area contributed by atoms with E-state index in [2.05, 4.69) is 90.1 Å². The SMILES string of the molecule is C/C=C(/c1cc(C)nc2ccc(F)cc12)N1C=CC(c2ccc(N3CCN(C)[C@H](C)C3)nc2)=CC1C(C)C. The zero-order valence-corrected chi connectivity index (χ0v) is 23.3. The molecule has 1 aromatic carbocycles. The second kappa shape index (κ2) is 10.7. The van der Waals surface area contributed by atoms with Gasteiger partial charge in [0, 0.05) is 60.4 Å². The first kappa shape index (κ1) is 26.1. The maximum atomic E-state index is 14.3. The van der Waals surface area contributed by atoms with E-state index in [4.69, 9.17) is 4.98 Å².